The van der Waals surface area contributed by atoms with E-state index >= 15 is 0 Å². The first-order valence-corrected chi connectivity index (χ1v) is 9.14. The third kappa shape index (κ3) is 4.31. The van der Waals surface area contributed by atoms with Gasteiger partial charge in [-0.2, -0.15) is 0 Å². The number of rotatable bonds is 5. The maximum atomic E-state index is 11.9. The fourth-order valence-corrected chi connectivity index (χ4v) is 4.55. The van der Waals surface area contributed by atoms with Crippen molar-refractivity contribution >= 4 is 34.1 Å². The molecule has 0 bridgehead atoms. The van der Waals surface area contributed by atoms with Crippen LogP contribution in [0, 0.1) is 0 Å². The van der Waals surface area contributed by atoms with Crippen LogP contribution >= 0.6 is 23.1 Å². The molecule has 2 saturated heterocycles. The van der Waals surface area contributed by atoms with Crippen LogP contribution in [0.5, 0.6) is 0 Å². The van der Waals surface area contributed by atoms with Gasteiger partial charge in [0.2, 0.25) is 11.0 Å². The first kappa shape index (κ1) is 15.1. The van der Waals surface area contributed by atoms with E-state index in [2.05, 4.69) is 20.8 Å². The lowest BCUT2D eigenvalue weighted by Crippen LogP contribution is -2.30. The quantitative estimate of drug-likeness (QED) is 0.860. The van der Waals surface area contributed by atoms with E-state index in [4.69, 9.17) is 4.74 Å². The second-order valence-corrected chi connectivity index (χ2v) is 7.71. The number of thioether (sulfide) groups is 1. The fraction of sp³-hybridized carbons (Fsp3) is 0.769. The number of hydrogen-bond donors (Lipinski definition) is 2. The van der Waals surface area contributed by atoms with Gasteiger partial charge in [0, 0.05) is 19.7 Å². The number of hydrogen-bond acceptors (Lipinski definition) is 7. The third-order valence-electron chi connectivity index (χ3n) is 3.64. The topological polar surface area (TPSA) is 76.1 Å². The molecule has 3 heterocycles. The van der Waals surface area contributed by atoms with Crippen molar-refractivity contribution in [3.8, 4) is 0 Å². The van der Waals surface area contributed by atoms with Crippen molar-refractivity contribution in [1.82, 2.24) is 15.5 Å². The van der Waals surface area contributed by atoms with Crippen molar-refractivity contribution in [2.75, 3.05) is 25.0 Å². The Labute approximate surface area is 132 Å². The largest absolute Gasteiger partial charge is 0.376 e. The van der Waals surface area contributed by atoms with Crippen LogP contribution in [0.2, 0.25) is 0 Å². The zero-order chi connectivity index (χ0) is 14.5. The minimum atomic E-state index is -0.0357. The van der Waals surface area contributed by atoms with Crippen LogP contribution in [0.15, 0.2) is 4.34 Å². The highest BCUT2D eigenvalue weighted by atomic mass is 32.2. The molecule has 0 saturated carbocycles. The molecule has 2 N–H and O–H groups in total. The Kier molecular flexibility index (Phi) is 5.32. The Balaban J connectivity index is 1.50. The Hall–Kier alpha value is -0.860. The summed E-state index contributed by atoms with van der Waals surface area (Å²) in [7, 11) is 0. The third-order valence-corrected chi connectivity index (χ3v) is 5.87. The Bertz CT molecular complexity index is 476. The molecule has 3 rings (SSSR count). The maximum Gasteiger partial charge on any atom is 0.233 e. The second-order valence-electron chi connectivity index (χ2n) is 5.28. The molecule has 2 aliphatic rings. The van der Waals surface area contributed by atoms with E-state index in [0.29, 0.717) is 0 Å². The number of ether oxygens (including phenoxy) is 1. The van der Waals surface area contributed by atoms with E-state index in [-0.39, 0.29) is 17.3 Å². The molecule has 0 aromatic carbocycles. The lowest BCUT2D eigenvalue weighted by Gasteiger charge is -2.10. The second kappa shape index (κ2) is 7.42. The molecule has 116 valence electrons. The van der Waals surface area contributed by atoms with Gasteiger partial charge in [0.05, 0.1) is 11.4 Å². The number of nitrogens with zero attached hydrogens (tertiary/aromatic N) is 2. The molecule has 0 unspecified atom stereocenters. The summed E-state index contributed by atoms with van der Waals surface area (Å²) in [5.41, 5.74) is 0. The van der Waals surface area contributed by atoms with E-state index in [1.807, 2.05) is 0 Å². The molecule has 2 atom stereocenters. The van der Waals surface area contributed by atoms with Crippen molar-refractivity contribution in [1.29, 1.82) is 0 Å². The zero-order valence-electron chi connectivity index (χ0n) is 11.8. The van der Waals surface area contributed by atoms with Crippen molar-refractivity contribution in [3.05, 3.63) is 0 Å². The summed E-state index contributed by atoms with van der Waals surface area (Å²) >= 11 is 3.04. The smallest absolute Gasteiger partial charge is 0.233 e. The summed E-state index contributed by atoms with van der Waals surface area (Å²) in [6.07, 6.45) is 5.59. The molecular weight excluding hydrogens is 308 g/mol. The van der Waals surface area contributed by atoms with Gasteiger partial charge in [-0.15, -0.1) is 10.2 Å². The molecule has 0 spiro atoms. The highest BCUT2D eigenvalue weighted by Gasteiger charge is 2.23. The van der Waals surface area contributed by atoms with Crippen molar-refractivity contribution in [2.45, 2.75) is 47.8 Å². The molecule has 1 aromatic rings. The number of carbonyl (C=O) groups excluding carboxylic acids is 1. The summed E-state index contributed by atoms with van der Waals surface area (Å²) in [6.45, 7) is 2.43. The van der Waals surface area contributed by atoms with Gasteiger partial charge in [-0.1, -0.05) is 29.5 Å². The number of carbonyl (C=O) groups is 1. The van der Waals surface area contributed by atoms with Gasteiger partial charge < -0.3 is 15.4 Å². The fourth-order valence-electron chi connectivity index (χ4n) is 2.48. The van der Waals surface area contributed by atoms with E-state index in [9.17, 15) is 4.79 Å². The number of nitrogens with one attached hydrogen (secondary N) is 2. The molecule has 0 radical (unpaired) electrons. The van der Waals surface area contributed by atoms with Gasteiger partial charge in [0.1, 0.15) is 0 Å². The summed E-state index contributed by atoms with van der Waals surface area (Å²) in [6, 6.07) is 0. The molecule has 6 nitrogen and oxygen atoms in total. The summed E-state index contributed by atoms with van der Waals surface area (Å²) in [5.74, 6) is 0.126. The van der Waals surface area contributed by atoms with Crippen LogP contribution < -0.4 is 10.6 Å². The molecule has 21 heavy (non-hydrogen) atoms. The summed E-state index contributed by atoms with van der Waals surface area (Å²) < 4.78 is 6.42. The Morgan fingerprint density at radius 3 is 3.14 bits per heavy atom. The van der Waals surface area contributed by atoms with Gasteiger partial charge >= 0.3 is 0 Å². The van der Waals surface area contributed by atoms with Crippen molar-refractivity contribution < 1.29 is 9.53 Å². The van der Waals surface area contributed by atoms with Gasteiger partial charge in [-0.05, 0) is 25.7 Å². The van der Waals surface area contributed by atoms with E-state index in [1.165, 1.54) is 23.1 Å². The first-order valence-electron chi connectivity index (χ1n) is 7.44. The van der Waals surface area contributed by atoms with Crippen molar-refractivity contribution in [3.63, 3.8) is 0 Å². The average molecular weight is 328 g/mol. The van der Waals surface area contributed by atoms with Crippen LogP contribution in [0.3, 0.4) is 0 Å². The van der Waals surface area contributed by atoms with Gasteiger partial charge in [0.15, 0.2) is 4.34 Å². The summed E-state index contributed by atoms with van der Waals surface area (Å²) in [4.78, 5) is 11.9. The first-order chi connectivity index (χ1) is 10.3. The monoisotopic (exact) mass is 328 g/mol. The molecule has 0 aliphatic carbocycles. The van der Waals surface area contributed by atoms with E-state index < -0.39 is 0 Å². The molecule has 1 aromatic heterocycles. The SMILES string of the molecule is O=C1NCCCC[C@@H]1Sc1nnc(NC[C@H]2CCCO2)s1. The van der Waals surface area contributed by atoms with E-state index in [0.717, 1.165) is 61.3 Å². The standard InChI is InChI=1S/C13H20N4O2S2/c18-11-10(5-1-2-6-14-11)20-13-17-16-12(21-13)15-8-9-4-3-7-19-9/h9-10H,1-8H2,(H,14,18)(H,15,16)/t9-,10+/m1/s1. The predicted molar refractivity (Wildman–Crippen MR) is 83.9 cm³/mol. The normalized spacial score (nSPS) is 26.4. The van der Waals surface area contributed by atoms with Crippen LogP contribution in [0.25, 0.3) is 0 Å². The molecular formula is C13H20N4O2S2. The molecule has 8 heteroatoms. The number of anilines is 1. The number of aromatic nitrogens is 2. The molecule has 1 amide bonds. The molecule has 2 aliphatic heterocycles. The molecule has 2 fully saturated rings. The lowest BCUT2D eigenvalue weighted by atomic mass is 10.2. The van der Waals surface area contributed by atoms with Gasteiger partial charge in [-0.3, -0.25) is 4.79 Å². The predicted octanol–water partition coefficient (Wildman–Crippen LogP) is 1.89. The highest BCUT2D eigenvalue weighted by molar-refractivity contribution is 8.02. The minimum Gasteiger partial charge on any atom is -0.376 e. The zero-order valence-corrected chi connectivity index (χ0v) is 13.5. The number of amides is 1. The van der Waals surface area contributed by atoms with Crippen LogP contribution in [0.4, 0.5) is 5.13 Å². The maximum absolute atomic E-state index is 11.9. The van der Waals surface area contributed by atoms with Crippen LogP contribution in [-0.4, -0.2) is 47.2 Å². The van der Waals surface area contributed by atoms with E-state index in [1.54, 1.807) is 0 Å². The van der Waals surface area contributed by atoms with Crippen LogP contribution in [-0.2, 0) is 9.53 Å². The minimum absolute atomic E-state index is 0.0357. The average Bonchev–Trinajstić information content (AvgIpc) is 3.10. The van der Waals surface area contributed by atoms with Gasteiger partial charge in [0.25, 0.3) is 0 Å². The Morgan fingerprint density at radius 2 is 2.29 bits per heavy atom. The highest BCUT2D eigenvalue weighted by Crippen LogP contribution is 2.32. The lowest BCUT2D eigenvalue weighted by molar-refractivity contribution is -0.120. The van der Waals surface area contributed by atoms with Crippen LogP contribution in [0.1, 0.15) is 32.1 Å². The van der Waals surface area contributed by atoms with Crippen molar-refractivity contribution in [2.24, 2.45) is 0 Å². The Morgan fingerprint density at radius 1 is 1.33 bits per heavy atom. The van der Waals surface area contributed by atoms with Gasteiger partial charge in [-0.25, -0.2) is 0 Å². The summed E-state index contributed by atoms with van der Waals surface area (Å²) in [5, 5.41) is 15.3.